The molecule has 2 aromatic heterocycles. The molecule has 0 aliphatic carbocycles. The minimum atomic E-state index is -4.05. The summed E-state index contributed by atoms with van der Waals surface area (Å²) in [4.78, 5) is 16.4. The largest absolute Gasteiger partial charge is 0.407 e. The van der Waals surface area contributed by atoms with Gasteiger partial charge in [-0.1, -0.05) is 23.3 Å². The van der Waals surface area contributed by atoms with Crippen LogP contribution in [-0.4, -0.2) is 47.7 Å². The molecule has 1 N–H and O–H groups in total. The first-order valence-electron chi connectivity index (χ1n) is 8.37. The van der Waals surface area contributed by atoms with Crippen LogP contribution >= 0.6 is 0 Å². The van der Waals surface area contributed by atoms with Gasteiger partial charge in [0.2, 0.25) is 0 Å². The van der Waals surface area contributed by atoms with E-state index in [1.807, 2.05) is 0 Å². The molecule has 1 aliphatic rings. The van der Waals surface area contributed by atoms with Crippen LogP contribution in [0, 0.1) is 0 Å². The quantitative estimate of drug-likeness (QED) is 0.669. The van der Waals surface area contributed by atoms with Crippen LogP contribution in [0.25, 0.3) is 10.8 Å². The number of H-pyrrole nitrogens is 1. The summed E-state index contributed by atoms with van der Waals surface area (Å²) in [6.45, 7) is 0. The molecule has 10 heteroatoms. The first-order valence-corrected chi connectivity index (χ1v) is 9.77. The number of benzene rings is 1. The second-order valence-corrected chi connectivity index (χ2v) is 8.50. The predicted octanol–water partition coefficient (Wildman–Crippen LogP) is 1.36. The molecule has 1 atom stereocenters. The van der Waals surface area contributed by atoms with Crippen molar-refractivity contribution >= 4 is 32.5 Å². The van der Waals surface area contributed by atoms with Crippen molar-refractivity contribution in [2.45, 2.75) is 0 Å². The smallest absolute Gasteiger partial charge is 0.267 e. The monoisotopic (exact) mass is 397 g/mol. The molecule has 3 aromatic rings. The highest BCUT2D eigenvalue weighted by Crippen LogP contribution is 2.36. The summed E-state index contributed by atoms with van der Waals surface area (Å²) in [6, 6.07) is 12.0. The zero-order valence-corrected chi connectivity index (χ0v) is 16.0. The first-order chi connectivity index (χ1) is 13.4. The van der Waals surface area contributed by atoms with Crippen molar-refractivity contribution in [3.05, 3.63) is 77.0 Å². The average Bonchev–Trinajstić information content (AvgIpc) is 3.16. The van der Waals surface area contributed by atoms with E-state index < -0.39 is 19.8 Å². The Labute approximate surface area is 161 Å². The molecule has 0 radical (unpaired) electrons. The van der Waals surface area contributed by atoms with E-state index in [0.717, 1.165) is 4.31 Å². The van der Waals surface area contributed by atoms with Crippen molar-refractivity contribution in [1.29, 1.82) is 0 Å². The Kier molecular flexibility index (Phi) is 4.18. The van der Waals surface area contributed by atoms with E-state index in [9.17, 15) is 13.2 Å². The summed E-state index contributed by atoms with van der Waals surface area (Å²) in [6.07, 6.45) is 4.62. The molecule has 1 unspecified atom stereocenters. The molecule has 0 amide bonds. The molecule has 3 heterocycles. The third-order valence-electron chi connectivity index (χ3n) is 4.41. The Morgan fingerprint density at radius 2 is 1.75 bits per heavy atom. The molecule has 0 saturated heterocycles. The normalized spacial score (nSPS) is 19.3. The van der Waals surface area contributed by atoms with Gasteiger partial charge in [0, 0.05) is 26.4 Å². The first kappa shape index (κ1) is 18.2. The molecule has 0 bridgehead atoms. The van der Waals surface area contributed by atoms with Gasteiger partial charge >= 0.3 is 16.0 Å². The summed E-state index contributed by atoms with van der Waals surface area (Å²) in [5.41, 5.74) is 0.515. The minimum absolute atomic E-state index is 0.0751. The fourth-order valence-electron chi connectivity index (χ4n) is 3.00. The molecular formula is C18H17N6O3S+. The highest BCUT2D eigenvalue weighted by Gasteiger charge is 2.51. The van der Waals surface area contributed by atoms with E-state index >= 15 is 0 Å². The molecule has 0 saturated carbocycles. The number of nitrogens with zero attached hydrogens (tertiary/aromatic N) is 5. The second-order valence-electron chi connectivity index (χ2n) is 6.32. The number of allylic oxidation sites excluding steroid dienone is 1. The topological polar surface area (TPSA) is 108 Å². The van der Waals surface area contributed by atoms with Gasteiger partial charge in [-0.2, -0.15) is 12.7 Å². The lowest BCUT2D eigenvalue weighted by Gasteiger charge is -2.26. The SMILES string of the molecule is CN(C)S(=O)(=O)[N+]1(c2n[nH]c(=O)c3ccccc23)C=CC(c2ccccn2)=N1. The number of aromatic amines is 1. The number of quaternary nitrogens is 1. The highest BCUT2D eigenvalue weighted by molar-refractivity contribution is 7.88. The van der Waals surface area contributed by atoms with Crippen molar-refractivity contribution in [2.24, 2.45) is 5.10 Å². The van der Waals surface area contributed by atoms with E-state index in [4.69, 9.17) is 0 Å². The Morgan fingerprint density at radius 1 is 1.04 bits per heavy atom. The maximum atomic E-state index is 13.3. The molecule has 1 aliphatic heterocycles. The Balaban J connectivity index is 2.07. The Morgan fingerprint density at radius 3 is 2.43 bits per heavy atom. The summed E-state index contributed by atoms with van der Waals surface area (Å²) >= 11 is 0. The number of nitrogens with one attached hydrogen (secondary N) is 1. The lowest BCUT2D eigenvalue weighted by molar-refractivity contribution is 0.442. The van der Waals surface area contributed by atoms with Crippen LogP contribution in [0.15, 0.2) is 70.8 Å². The van der Waals surface area contributed by atoms with Crippen LogP contribution in [0.5, 0.6) is 0 Å². The zero-order valence-electron chi connectivity index (χ0n) is 15.1. The summed E-state index contributed by atoms with van der Waals surface area (Å²) < 4.78 is 26.8. The van der Waals surface area contributed by atoms with Crippen molar-refractivity contribution in [3.8, 4) is 0 Å². The standard InChI is InChI=1S/C18H16N6O3S/c1-23(2)28(26,27)24(12-10-16(22-24)15-9-5-6-11-19-15)17-13-7-3-4-8-14(13)18(25)21-20-17/h3-12H,1-2H3/p+1. The summed E-state index contributed by atoms with van der Waals surface area (Å²) in [5, 5.41) is 11.7. The maximum Gasteiger partial charge on any atom is 0.407 e. The third-order valence-corrected chi connectivity index (χ3v) is 6.41. The van der Waals surface area contributed by atoms with Crippen LogP contribution in [0.4, 0.5) is 5.82 Å². The lowest BCUT2D eigenvalue weighted by atomic mass is 10.2. The summed E-state index contributed by atoms with van der Waals surface area (Å²) in [7, 11) is -1.21. The van der Waals surface area contributed by atoms with E-state index in [1.165, 1.54) is 20.3 Å². The van der Waals surface area contributed by atoms with E-state index in [0.29, 0.717) is 22.2 Å². The Bertz CT molecular complexity index is 1280. The van der Waals surface area contributed by atoms with Gasteiger partial charge in [-0.05, 0) is 28.3 Å². The molecule has 4 rings (SSSR count). The molecule has 28 heavy (non-hydrogen) atoms. The number of hydrogen-bond donors (Lipinski definition) is 1. The zero-order chi connectivity index (χ0) is 19.9. The lowest BCUT2D eigenvalue weighted by Crippen LogP contribution is -2.50. The molecule has 9 nitrogen and oxygen atoms in total. The fourth-order valence-corrected chi connectivity index (χ4v) is 4.26. The van der Waals surface area contributed by atoms with Gasteiger partial charge < -0.3 is 0 Å². The minimum Gasteiger partial charge on any atom is -0.267 e. The van der Waals surface area contributed by atoms with Gasteiger partial charge in [0.25, 0.3) is 5.56 Å². The average molecular weight is 397 g/mol. The number of aromatic nitrogens is 3. The highest BCUT2D eigenvalue weighted by atomic mass is 32.2. The van der Waals surface area contributed by atoms with Crippen molar-refractivity contribution in [3.63, 3.8) is 0 Å². The van der Waals surface area contributed by atoms with Gasteiger partial charge in [-0.25, -0.2) is 5.10 Å². The van der Waals surface area contributed by atoms with E-state index in [1.54, 1.807) is 54.7 Å². The van der Waals surface area contributed by atoms with E-state index in [2.05, 4.69) is 20.3 Å². The van der Waals surface area contributed by atoms with Crippen LogP contribution in [0.2, 0.25) is 0 Å². The van der Waals surface area contributed by atoms with Crippen LogP contribution < -0.4 is 9.56 Å². The number of fused-ring (bicyclic) bond motifs is 1. The predicted molar refractivity (Wildman–Crippen MR) is 107 cm³/mol. The van der Waals surface area contributed by atoms with Crippen molar-refractivity contribution in [1.82, 2.24) is 23.5 Å². The summed E-state index contributed by atoms with van der Waals surface area (Å²) in [5.74, 6) is 0.0751. The fraction of sp³-hybridized carbons (Fsp3) is 0.111. The van der Waals surface area contributed by atoms with Crippen LogP contribution in [0.1, 0.15) is 5.69 Å². The Hall–Kier alpha value is -3.21. The molecular weight excluding hydrogens is 380 g/mol. The van der Waals surface area contributed by atoms with Gasteiger partial charge in [0.15, 0.2) is 5.71 Å². The third kappa shape index (κ3) is 2.58. The molecule has 1 aromatic carbocycles. The molecule has 0 fully saturated rings. The number of pyridine rings is 1. The number of rotatable bonds is 4. The second kappa shape index (κ2) is 6.44. The van der Waals surface area contributed by atoms with Crippen LogP contribution in [-0.2, 0) is 10.2 Å². The van der Waals surface area contributed by atoms with Gasteiger partial charge in [-0.3, -0.25) is 9.78 Å². The van der Waals surface area contributed by atoms with Gasteiger partial charge in [0.05, 0.1) is 16.5 Å². The van der Waals surface area contributed by atoms with Crippen LogP contribution in [0.3, 0.4) is 0 Å². The van der Waals surface area contributed by atoms with Gasteiger partial charge in [-0.15, -0.1) is 5.10 Å². The van der Waals surface area contributed by atoms with Gasteiger partial charge in [0.1, 0.15) is 6.20 Å². The molecule has 142 valence electrons. The van der Waals surface area contributed by atoms with Crippen molar-refractivity contribution < 1.29 is 8.42 Å². The molecule has 0 spiro atoms. The maximum absolute atomic E-state index is 13.3. The number of hydrogen-bond acceptors (Lipinski definition) is 6. The van der Waals surface area contributed by atoms with E-state index in [-0.39, 0.29) is 5.82 Å². The van der Waals surface area contributed by atoms with Crippen molar-refractivity contribution in [2.75, 3.05) is 14.1 Å².